The highest BCUT2D eigenvalue weighted by Crippen LogP contribution is 2.28. The first-order valence-corrected chi connectivity index (χ1v) is 7.58. The van der Waals surface area contributed by atoms with Gasteiger partial charge < -0.3 is 10.6 Å². The molecule has 1 heterocycles. The van der Waals surface area contributed by atoms with Gasteiger partial charge in [0, 0.05) is 23.9 Å². The van der Waals surface area contributed by atoms with Gasteiger partial charge in [-0.2, -0.15) is 0 Å². The van der Waals surface area contributed by atoms with E-state index in [1.54, 1.807) is 11.3 Å². The maximum Gasteiger partial charge on any atom is 0.261 e. The summed E-state index contributed by atoms with van der Waals surface area (Å²) in [6, 6.07) is 1.93. The zero-order chi connectivity index (χ0) is 13.8. The van der Waals surface area contributed by atoms with E-state index in [0.29, 0.717) is 13.1 Å². The van der Waals surface area contributed by atoms with Crippen LogP contribution in [0.25, 0.3) is 0 Å². The third-order valence-electron chi connectivity index (χ3n) is 3.22. The Morgan fingerprint density at radius 3 is 2.58 bits per heavy atom. The van der Waals surface area contributed by atoms with Gasteiger partial charge in [-0.1, -0.05) is 6.92 Å². The van der Waals surface area contributed by atoms with E-state index < -0.39 is 0 Å². The highest BCUT2D eigenvalue weighted by molar-refractivity contribution is 7.14. The molecule has 104 valence electrons. The summed E-state index contributed by atoms with van der Waals surface area (Å²) in [5.74, 6) is 0.297. The Kier molecular flexibility index (Phi) is 4.58. The first-order chi connectivity index (χ1) is 9.11. The molecule has 1 aliphatic rings. The van der Waals surface area contributed by atoms with Crippen LogP contribution in [0.1, 0.15) is 39.9 Å². The third kappa shape index (κ3) is 3.80. The van der Waals surface area contributed by atoms with Crippen molar-refractivity contribution in [3.8, 4) is 0 Å². The Hall–Kier alpha value is -1.36. The molecular formula is C14H20N2O2S. The second kappa shape index (κ2) is 6.19. The summed E-state index contributed by atoms with van der Waals surface area (Å²) < 4.78 is 0. The van der Waals surface area contributed by atoms with Crippen molar-refractivity contribution in [1.29, 1.82) is 0 Å². The largest absolute Gasteiger partial charge is 0.354 e. The lowest BCUT2D eigenvalue weighted by atomic mass is 10.2. The summed E-state index contributed by atoms with van der Waals surface area (Å²) >= 11 is 1.55. The summed E-state index contributed by atoms with van der Waals surface area (Å²) in [6.45, 7) is 5.11. The molecule has 2 amide bonds. The van der Waals surface area contributed by atoms with E-state index in [-0.39, 0.29) is 17.7 Å². The van der Waals surface area contributed by atoms with E-state index in [1.807, 2.05) is 13.0 Å². The van der Waals surface area contributed by atoms with Crippen molar-refractivity contribution in [2.24, 2.45) is 5.92 Å². The minimum atomic E-state index is -0.0477. The molecule has 1 aliphatic carbocycles. The molecule has 4 nitrogen and oxygen atoms in total. The highest BCUT2D eigenvalue weighted by Gasteiger charge is 2.28. The van der Waals surface area contributed by atoms with Gasteiger partial charge in [0.15, 0.2) is 0 Å². The Morgan fingerprint density at radius 2 is 2.00 bits per heavy atom. The Bertz CT molecular complexity index is 478. The average Bonchev–Trinajstić information content (AvgIpc) is 3.17. The zero-order valence-corrected chi connectivity index (χ0v) is 12.2. The molecule has 19 heavy (non-hydrogen) atoms. The number of carbonyl (C=O) groups excluding carboxylic acids is 2. The predicted molar refractivity (Wildman–Crippen MR) is 76.5 cm³/mol. The van der Waals surface area contributed by atoms with Gasteiger partial charge >= 0.3 is 0 Å². The summed E-state index contributed by atoms with van der Waals surface area (Å²) in [4.78, 5) is 25.3. The normalized spacial score (nSPS) is 14.2. The first kappa shape index (κ1) is 14.1. The van der Waals surface area contributed by atoms with Crippen molar-refractivity contribution in [1.82, 2.24) is 10.6 Å². The number of hydrogen-bond acceptors (Lipinski definition) is 3. The van der Waals surface area contributed by atoms with Gasteiger partial charge in [0.1, 0.15) is 0 Å². The molecule has 0 spiro atoms. The fourth-order valence-electron chi connectivity index (χ4n) is 1.92. The summed E-state index contributed by atoms with van der Waals surface area (Å²) in [7, 11) is 0. The number of carbonyl (C=O) groups is 2. The quantitative estimate of drug-likeness (QED) is 0.782. The van der Waals surface area contributed by atoms with Crippen molar-refractivity contribution in [2.45, 2.75) is 33.1 Å². The predicted octanol–water partition coefficient (Wildman–Crippen LogP) is 1.87. The zero-order valence-electron chi connectivity index (χ0n) is 11.4. The average molecular weight is 280 g/mol. The van der Waals surface area contributed by atoms with Gasteiger partial charge in [-0.15, -0.1) is 11.3 Å². The van der Waals surface area contributed by atoms with E-state index in [1.165, 1.54) is 10.4 Å². The molecule has 0 saturated heterocycles. The lowest BCUT2D eigenvalue weighted by Gasteiger charge is -2.05. The van der Waals surface area contributed by atoms with Gasteiger partial charge in [0.25, 0.3) is 5.91 Å². The van der Waals surface area contributed by atoms with E-state index >= 15 is 0 Å². The third-order valence-corrected chi connectivity index (χ3v) is 4.60. The van der Waals surface area contributed by atoms with Crippen LogP contribution >= 0.6 is 11.3 Å². The van der Waals surface area contributed by atoms with Gasteiger partial charge in [-0.25, -0.2) is 0 Å². The number of amides is 2. The number of rotatable bonds is 6. The van der Waals surface area contributed by atoms with Gasteiger partial charge in [0.2, 0.25) is 5.91 Å². The molecule has 1 fully saturated rings. The Morgan fingerprint density at radius 1 is 1.32 bits per heavy atom. The maximum atomic E-state index is 11.9. The Balaban J connectivity index is 1.72. The minimum absolute atomic E-state index is 0.0477. The minimum Gasteiger partial charge on any atom is -0.354 e. The van der Waals surface area contributed by atoms with Crippen molar-refractivity contribution >= 4 is 23.2 Å². The van der Waals surface area contributed by atoms with E-state index in [4.69, 9.17) is 0 Å². The van der Waals surface area contributed by atoms with Crippen molar-refractivity contribution in [3.05, 3.63) is 21.4 Å². The van der Waals surface area contributed by atoms with E-state index in [0.717, 1.165) is 24.1 Å². The highest BCUT2D eigenvalue weighted by atomic mass is 32.1. The fourth-order valence-corrected chi connectivity index (χ4v) is 2.95. The first-order valence-electron chi connectivity index (χ1n) is 6.77. The summed E-state index contributed by atoms with van der Waals surface area (Å²) in [5, 5.41) is 5.66. The van der Waals surface area contributed by atoms with Crippen LogP contribution in [-0.2, 0) is 11.2 Å². The van der Waals surface area contributed by atoms with Crippen molar-refractivity contribution < 1.29 is 9.59 Å². The molecule has 2 N–H and O–H groups in total. The lowest BCUT2D eigenvalue weighted by molar-refractivity contribution is -0.122. The molecule has 5 heteroatoms. The second-order valence-corrected chi connectivity index (χ2v) is 6.03. The molecule has 0 bridgehead atoms. The van der Waals surface area contributed by atoms with Crippen molar-refractivity contribution in [2.75, 3.05) is 13.1 Å². The van der Waals surface area contributed by atoms with Crippen LogP contribution in [0, 0.1) is 12.8 Å². The van der Waals surface area contributed by atoms with Crippen LogP contribution in [0.15, 0.2) is 6.07 Å². The van der Waals surface area contributed by atoms with E-state index in [9.17, 15) is 9.59 Å². The van der Waals surface area contributed by atoms with Crippen LogP contribution in [0.3, 0.4) is 0 Å². The Labute approximate surface area is 117 Å². The van der Waals surface area contributed by atoms with Crippen LogP contribution in [0.2, 0.25) is 0 Å². The van der Waals surface area contributed by atoms with Crippen LogP contribution in [0.4, 0.5) is 0 Å². The van der Waals surface area contributed by atoms with Crippen LogP contribution in [-0.4, -0.2) is 24.9 Å². The topological polar surface area (TPSA) is 58.2 Å². The number of thiophene rings is 1. The van der Waals surface area contributed by atoms with Crippen LogP contribution in [0.5, 0.6) is 0 Å². The molecular weight excluding hydrogens is 260 g/mol. The molecule has 0 unspecified atom stereocenters. The molecule has 1 saturated carbocycles. The molecule has 0 aliphatic heterocycles. The molecule has 0 atom stereocenters. The van der Waals surface area contributed by atoms with Crippen LogP contribution < -0.4 is 10.6 Å². The molecule has 2 rings (SSSR count). The molecule has 0 radical (unpaired) electrons. The van der Waals surface area contributed by atoms with Crippen molar-refractivity contribution in [3.63, 3.8) is 0 Å². The number of aryl methyl sites for hydroxylation is 2. The standard InChI is InChI=1S/C14H20N2O2S/c1-3-11-9(2)8-12(19-11)14(18)16-7-6-15-13(17)10-4-5-10/h8,10H,3-7H2,1-2H3,(H,15,17)(H,16,18). The van der Waals surface area contributed by atoms with Gasteiger partial charge in [0.05, 0.1) is 4.88 Å². The lowest BCUT2D eigenvalue weighted by Crippen LogP contribution is -2.35. The SMILES string of the molecule is CCc1sc(C(=O)NCCNC(=O)C2CC2)cc1C. The maximum absolute atomic E-state index is 11.9. The molecule has 0 aromatic carbocycles. The number of nitrogens with one attached hydrogen (secondary N) is 2. The van der Waals surface area contributed by atoms with Gasteiger partial charge in [-0.3, -0.25) is 9.59 Å². The van der Waals surface area contributed by atoms with E-state index in [2.05, 4.69) is 17.6 Å². The summed E-state index contributed by atoms with van der Waals surface area (Å²) in [6.07, 6.45) is 2.97. The monoisotopic (exact) mass is 280 g/mol. The summed E-state index contributed by atoms with van der Waals surface area (Å²) in [5.41, 5.74) is 1.18. The molecule has 1 aromatic heterocycles. The second-order valence-electron chi connectivity index (χ2n) is 4.89. The van der Waals surface area contributed by atoms with Gasteiger partial charge in [-0.05, 0) is 37.8 Å². The fraction of sp³-hybridized carbons (Fsp3) is 0.571. The number of hydrogen-bond donors (Lipinski definition) is 2. The molecule has 1 aromatic rings. The smallest absolute Gasteiger partial charge is 0.261 e.